The van der Waals surface area contributed by atoms with Crippen molar-refractivity contribution in [2.45, 2.75) is 19.4 Å². The molecule has 4 rings (SSSR count). The second-order valence-corrected chi connectivity index (χ2v) is 9.21. The number of para-hydroxylation sites is 1. The van der Waals surface area contributed by atoms with Gasteiger partial charge in [-0.3, -0.25) is 9.59 Å². The summed E-state index contributed by atoms with van der Waals surface area (Å²) in [5, 5.41) is 15.9. The van der Waals surface area contributed by atoms with Crippen LogP contribution in [0.25, 0.3) is 11.4 Å². The van der Waals surface area contributed by atoms with Gasteiger partial charge in [-0.1, -0.05) is 43.0 Å². The molecule has 8 nitrogen and oxygen atoms in total. The lowest BCUT2D eigenvalue weighted by atomic mass is 9.95. The molecule has 0 radical (unpaired) electrons. The van der Waals surface area contributed by atoms with Crippen molar-refractivity contribution in [2.24, 2.45) is 0 Å². The standard InChI is InChI=1S/C29H32N4O4/c1-5-18-37-23-14-12-21(13-15-23)26-25(28(35)29(36)32(26)17-9-16-31(3)4)27(34)24-19-30-33(20(24)2)22-10-7-6-8-11-22/h5-8,10-15,19,26,34H,1,9,16-18H2,2-4H3. The summed E-state index contributed by atoms with van der Waals surface area (Å²) < 4.78 is 7.29. The SMILES string of the molecule is C=CCOc1ccc(C2C(=C(O)c3cnn(-c4ccccc4)c3C)C(=O)C(=O)N2CCCN(C)C)cc1. The number of aromatic nitrogens is 2. The number of aliphatic hydroxyl groups excluding tert-OH is 1. The summed E-state index contributed by atoms with van der Waals surface area (Å²) in [6.45, 7) is 6.98. The number of hydrogen-bond acceptors (Lipinski definition) is 6. The number of nitrogens with zero attached hydrogens (tertiary/aromatic N) is 4. The van der Waals surface area contributed by atoms with Crippen molar-refractivity contribution < 1.29 is 19.4 Å². The summed E-state index contributed by atoms with van der Waals surface area (Å²) in [4.78, 5) is 30.1. The number of ether oxygens (including phenoxy) is 1. The smallest absolute Gasteiger partial charge is 0.295 e. The molecule has 0 spiro atoms. The molecule has 3 aromatic rings. The van der Waals surface area contributed by atoms with E-state index in [0.29, 0.717) is 42.1 Å². The Labute approximate surface area is 217 Å². The number of carbonyl (C=O) groups excluding carboxylic acids is 2. The minimum Gasteiger partial charge on any atom is -0.507 e. The highest BCUT2D eigenvalue weighted by Gasteiger charge is 2.46. The minimum absolute atomic E-state index is 0.0605. The van der Waals surface area contributed by atoms with E-state index in [0.717, 1.165) is 12.2 Å². The Hall–Kier alpha value is -4.17. The molecule has 1 saturated heterocycles. The van der Waals surface area contributed by atoms with E-state index in [1.54, 1.807) is 27.8 Å². The van der Waals surface area contributed by atoms with Gasteiger partial charge in [0.15, 0.2) is 0 Å². The Morgan fingerprint density at radius 1 is 1.14 bits per heavy atom. The molecule has 0 saturated carbocycles. The Bertz CT molecular complexity index is 1310. The highest BCUT2D eigenvalue weighted by molar-refractivity contribution is 6.46. The first-order chi connectivity index (χ1) is 17.8. The van der Waals surface area contributed by atoms with Crippen LogP contribution in [0.3, 0.4) is 0 Å². The first-order valence-electron chi connectivity index (χ1n) is 12.2. The van der Waals surface area contributed by atoms with E-state index in [1.807, 2.05) is 68.4 Å². The van der Waals surface area contributed by atoms with Crippen molar-refractivity contribution in [3.8, 4) is 11.4 Å². The highest BCUT2D eigenvalue weighted by Crippen LogP contribution is 2.40. The van der Waals surface area contributed by atoms with E-state index in [9.17, 15) is 14.7 Å². The molecule has 1 atom stereocenters. The second-order valence-electron chi connectivity index (χ2n) is 9.21. The fraction of sp³-hybridized carbons (Fsp3) is 0.276. The fourth-order valence-electron chi connectivity index (χ4n) is 4.53. The molecular formula is C29H32N4O4. The van der Waals surface area contributed by atoms with E-state index >= 15 is 0 Å². The summed E-state index contributed by atoms with van der Waals surface area (Å²) in [5.41, 5.74) is 2.67. The lowest BCUT2D eigenvalue weighted by Gasteiger charge is -2.26. The van der Waals surface area contributed by atoms with Gasteiger partial charge < -0.3 is 19.6 Å². The van der Waals surface area contributed by atoms with E-state index in [-0.39, 0.29) is 11.3 Å². The molecule has 192 valence electrons. The number of ketones is 1. The van der Waals surface area contributed by atoms with Gasteiger partial charge >= 0.3 is 0 Å². The number of amides is 1. The molecule has 1 N–H and O–H groups in total. The average Bonchev–Trinajstić information content (AvgIpc) is 3.40. The van der Waals surface area contributed by atoms with Gasteiger partial charge in [-0.05, 0) is 63.8 Å². The summed E-state index contributed by atoms with van der Waals surface area (Å²) in [5.74, 6) is -0.907. The number of aliphatic hydroxyl groups is 1. The average molecular weight is 501 g/mol. The van der Waals surface area contributed by atoms with Crippen molar-refractivity contribution in [1.82, 2.24) is 19.6 Å². The number of likely N-dealkylation sites (tertiary alicyclic amines) is 1. The van der Waals surface area contributed by atoms with Crippen molar-refractivity contribution in [2.75, 3.05) is 33.8 Å². The van der Waals surface area contributed by atoms with Crippen LogP contribution in [0, 0.1) is 6.92 Å². The molecule has 1 aliphatic heterocycles. The quantitative estimate of drug-likeness (QED) is 0.195. The van der Waals surface area contributed by atoms with Crippen LogP contribution in [0.1, 0.15) is 29.3 Å². The zero-order chi connectivity index (χ0) is 26.5. The maximum Gasteiger partial charge on any atom is 0.295 e. The van der Waals surface area contributed by atoms with Crippen LogP contribution in [-0.2, 0) is 9.59 Å². The van der Waals surface area contributed by atoms with E-state index in [2.05, 4.69) is 11.7 Å². The van der Waals surface area contributed by atoms with Crippen LogP contribution in [0.4, 0.5) is 0 Å². The predicted octanol–water partition coefficient (Wildman–Crippen LogP) is 4.12. The van der Waals surface area contributed by atoms with Crippen LogP contribution in [0.5, 0.6) is 5.75 Å². The van der Waals surface area contributed by atoms with Crippen LogP contribution in [-0.4, -0.2) is 70.2 Å². The molecule has 1 aromatic heterocycles. The normalized spacial score (nSPS) is 17.0. The van der Waals surface area contributed by atoms with E-state index in [4.69, 9.17) is 4.74 Å². The molecule has 1 unspecified atom stereocenters. The number of hydrogen-bond donors (Lipinski definition) is 1. The maximum atomic E-state index is 13.3. The Kier molecular flexibility index (Phi) is 7.89. The topological polar surface area (TPSA) is 87.9 Å². The first-order valence-corrected chi connectivity index (χ1v) is 12.2. The van der Waals surface area contributed by atoms with E-state index < -0.39 is 17.7 Å². The van der Waals surface area contributed by atoms with Gasteiger partial charge in [0, 0.05) is 6.54 Å². The third-order valence-corrected chi connectivity index (χ3v) is 6.37. The molecule has 2 aromatic carbocycles. The van der Waals surface area contributed by atoms with Crippen LogP contribution in [0.2, 0.25) is 0 Å². The number of rotatable bonds is 10. The number of Topliss-reactive ketones (excluding diaryl/α,β-unsaturated/α-hetero) is 1. The van der Waals surface area contributed by atoms with Crippen molar-refractivity contribution in [3.05, 3.63) is 95.8 Å². The monoisotopic (exact) mass is 500 g/mol. The third kappa shape index (κ3) is 5.34. The summed E-state index contributed by atoms with van der Waals surface area (Å²) in [7, 11) is 3.92. The van der Waals surface area contributed by atoms with Gasteiger partial charge in [0.1, 0.15) is 18.1 Å². The minimum atomic E-state index is -0.727. The second kappa shape index (κ2) is 11.3. The lowest BCUT2D eigenvalue weighted by molar-refractivity contribution is -0.139. The highest BCUT2D eigenvalue weighted by atomic mass is 16.5. The van der Waals surface area contributed by atoms with Crippen molar-refractivity contribution >= 4 is 17.4 Å². The fourth-order valence-corrected chi connectivity index (χ4v) is 4.53. The first kappa shape index (κ1) is 25.9. The zero-order valence-electron chi connectivity index (χ0n) is 21.4. The number of benzene rings is 2. The molecule has 0 bridgehead atoms. The molecule has 1 aliphatic rings. The molecule has 37 heavy (non-hydrogen) atoms. The third-order valence-electron chi connectivity index (χ3n) is 6.37. The van der Waals surface area contributed by atoms with Gasteiger partial charge in [-0.15, -0.1) is 0 Å². The molecule has 0 aliphatic carbocycles. The summed E-state index contributed by atoms with van der Waals surface area (Å²) >= 11 is 0. The van der Waals surface area contributed by atoms with Gasteiger partial charge in [0.25, 0.3) is 11.7 Å². The largest absolute Gasteiger partial charge is 0.507 e. The Balaban J connectivity index is 1.78. The molecular weight excluding hydrogens is 468 g/mol. The Morgan fingerprint density at radius 3 is 2.49 bits per heavy atom. The zero-order valence-corrected chi connectivity index (χ0v) is 21.4. The molecule has 1 fully saturated rings. The van der Waals surface area contributed by atoms with Crippen molar-refractivity contribution in [1.29, 1.82) is 0 Å². The van der Waals surface area contributed by atoms with E-state index in [1.165, 1.54) is 6.20 Å². The van der Waals surface area contributed by atoms with Gasteiger partial charge in [-0.25, -0.2) is 4.68 Å². The number of carbonyl (C=O) groups is 2. The van der Waals surface area contributed by atoms with Crippen LogP contribution < -0.4 is 4.74 Å². The van der Waals surface area contributed by atoms with Gasteiger partial charge in [0.2, 0.25) is 0 Å². The van der Waals surface area contributed by atoms with Gasteiger partial charge in [0.05, 0.1) is 34.8 Å². The lowest BCUT2D eigenvalue weighted by Crippen LogP contribution is -2.32. The summed E-state index contributed by atoms with van der Waals surface area (Å²) in [6.07, 6.45) is 3.87. The summed E-state index contributed by atoms with van der Waals surface area (Å²) in [6, 6.07) is 16.0. The van der Waals surface area contributed by atoms with Gasteiger partial charge in [-0.2, -0.15) is 5.10 Å². The molecule has 1 amide bonds. The molecule has 8 heteroatoms. The Morgan fingerprint density at radius 2 is 1.84 bits per heavy atom. The predicted molar refractivity (Wildman–Crippen MR) is 143 cm³/mol. The maximum absolute atomic E-state index is 13.3. The van der Waals surface area contributed by atoms with Crippen LogP contribution in [0.15, 0.2) is 79.0 Å². The molecule has 2 heterocycles. The van der Waals surface area contributed by atoms with Crippen LogP contribution >= 0.6 is 0 Å². The van der Waals surface area contributed by atoms with Crippen molar-refractivity contribution in [3.63, 3.8) is 0 Å².